The van der Waals surface area contributed by atoms with Crippen LogP contribution < -0.4 is 5.32 Å². The van der Waals surface area contributed by atoms with Gasteiger partial charge in [-0.1, -0.05) is 26.7 Å². The molecule has 0 aromatic carbocycles. The van der Waals surface area contributed by atoms with E-state index in [9.17, 15) is 0 Å². The standard InChI is InChI=1S/C12H25NO/c1-3-11(4-2)10-13-12(8-9-14)6-5-7-12/h11,13-14H,3-10H2,1-2H3. The maximum absolute atomic E-state index is 9.01. The highest BCUT2D eigenvalue weighted by Crippen LogP contribution is 2.34. The Morgan fingerprint density at radius 1 is 1.29 bits per heavy atom. The van der Waals surface area contributed by atoms with E-state index in [0.717, 1.165) is 18.9 Å². The van der Waals surface area contributed by atoms with Crippen molar-refractivity contribution in [3.63, 3.8) is 0 Å². The Balaban J connectivity index is 2.26. The van der Waals surface area contributed by atoms with Gasteiger partial charge in [-0.2, -0.15) is 0 Å². The van der Waals surface area contributed by atoms with Crippen molar-refractivity contribution in [1.29, 1.82) is 0 Å². The molecule has 2 nitrogen and oxygen atoms in total. The van der Waals surface area contributed by atoms with Crippen molar-refractivity contribution in [2.45, 2.75) is 57.9 Å². The Kier molecular flexibility index (Phi) is 4.90. The van der Waals surface area contributed by atoms with Crippen LogP contribution in [0.5, 0.6) is 0 Å². The monoisotopic (exact) mass is 199 g/mol. The Labute approximate surface area is 88.1 Å². The van der Waals surface area contributed by atoms with Gasteiger partial charge < -0.3 is 10.4 Å². The molecule has 0 saturated heterocycles. The van der Waals surface area contributed by atoms with E-state index in [1.54, 1.807) is 0 Å². The molecule has 0 radical (unpaired) electrons. The highest BCUT2D eigenvalue weighted by Gasteiger charge is 2.35. The van der Waals surface area contributed by atoms with Gasteiger partial charge in [0.25, 0.3) is 0 Å². The largest absolute Gasteiger partial charge is 0.396 e. The molecule has 1 rings (SSSR count). The van der Waals surface area contributed by atoms with Crippen LogP contribution >= 0.6 is 0 Å². The number of hydrogen-bond acceptors (Lipinski definition) is 2. The topological polar surface area (TPSA) is 32.3 Å². The smallest absolute Gasteiger partial charge is 0.0448 e. The highest BCUT2D eigenvalue weighted by atomic mass is 16.3. The van der Waals surface area contributed by atoms with Crippen molar-refractivity contribution in [3.8, 4) is 0 Å². The predicted molar refractivity (Wildman–Crippen MR) is 60.4 cm³/mol. The van der Waals surface area contributed by atoms with E-state index in [1.807, 2.05) is 0 Å². The summed E-state index contributed by atoms with van der Waals surface area (Å²) in [6.45, 7) is 5.98. The molecule has 0 spiro atoms. The maximum Gasteiger partial charge on any atom is 0.0448 e. The summed E-state index contributed by atoms with van der Waals surface area (Å²) in [7, 11) is 0. The average molecular weight is 199 g/mol. The van der Waals surface area contributed by atoms with Gasteiger partial charge in [0.05, 0.1) is 0 Å². The number of nitrogens with one attached hydrogen (secondary N) is 1. The fourth-order valence-electron chi connectivity index (χ4n) is 2.27. The molecule has 0 aromatic heterocycles. The van der Waals surface area contributed by atoms with Crippen LogP contribution in [0.1, 0.15) is 52.4 Å². The fraction of sp³-hybridized carbons (Fsp3) is 1.00. The van der Waals surface area contributed by atoms with Crippen LogP contribution in [0.4, 0.5) is 0 Å². The first-order chi connectivity index (χ1) is 6.76. The van der Waals surface area contributed by atoms with E-state index in [0.29, 0.717) is 12.1 Å². The second-order valence-corrected chi connectivity index (χ2v) is 4.67. The van der Waals surface area contributed by atoms with Crippen molar-refractivity contribution >= 4 is 0 Å². The molecule has 1 aliphatic rings. The van der Waals surface area contributed by atoms with E-state index in [2.05, 4.69) is 19.2 Å². The zero-order chi connectivity index (χ0) is 10.4. The molecule has 0 amide bonds. The molecule has 0 heterocycles. The van der Waals surface area contributed by atoms with Gasteiger partial charge in [-0.25, -0.2) is 0 Å². The molecule has 14 heavy (non-hydrogen) atoms. The third-order valence-corrected chi connectivity index (χ3v) is 3.82. The van der Waals surface area contributed by atoms with Gasteiger partial charge in [-0.05, 0) is 38.1 Å². The molecule has 0 atom stereocenters. The Morgan fingerprint density at radius 2 is 1.93 bits per heavy atom. The SMILES string of the molecule is CCC(CC)CNC1(CCO)CCC1. The minimum absolute atomic E-state index is 0.303. The van der Waals surface area contributed by atoms with Crippen molar-refractivity contribution in [2.24, 2.45) is 5.92 Å². The second-order valence-electron chi connectivity index (χ2n) is 4.67. The molecular weight excluding hydrogens is 174 g/mol. The second kappa shape index (κ2) is 5.72. The summed E-state index contributed by atoms with van der Waals surface area (Å²) in [6, 6.07) is 0. The third kappa shape index (κ3) is 2.96. The van der Waals surface area contributed by atoms with Gasteiger partial charge in [0.1, 0.15) is 0 Å². The summed E-state index contributed by atoms with van der Waals surface area (Å²) >= 11 is 0. The number of hydrogen-bond donors (Lipinski definition) is 2. The van der Waals surface area contributed by atoms with E-state index >= 15 is 0 Å². The van der Waals surface area contributed by atoms with E-state index < -0.39 is 0 Å². The first-order valence-electron chi connectivity index (χ1n) is 6.12. The van der Waals surface area contributed by atoms with Crippen LogP contribution in [-0.4, -0.2) is 23.8 Å². The van der Waals surface area contributed by atoms with Gasteiger partial charge in [0, 0.05) is 12.1 Å². The lowest BCUT2D eigenvalue weighted by Crippen LogP contribution is -2.52. The molecule has 2 heteroatoms. The molecule has 0 aliphatic heterocycles. The number of rotatable bonds is 7. The molecular formula is C12H25NO. The average Bonchev–Trinajstić information content (AvgIpc) is 2.15. The maximum atomic E-state index is 9.01. The Bertz CT molecular complexity index is 150. The lowest BCUT2D eigenvalue weighted by molar-refractivity contribution is 0.125. The molecule has 84 valence electrons. The van der Waals surface area contributed by atoms with E-state index in [4.69, 9.17) is 5.11 Å². The fourth-order valence-corrected chi connectivity index (χ4v) is 2.27. The summed E-state index contributed by atoms with van der Waals surface area (Å²) in [5.41, 5.74) is 0.303. The van der Waals surface area contributed by atoms with E-state index in [1.165, 1.54) is 32.1 Å². The van der Waals surface area contributed by atoms with Crippen LogP contribution in [0.2, 0.25) is 0 Å². The Morgan fingerprint density at radius 3 is 2.29 bits per heavy atom. The molecule has 0 aromatic rings. The molecule has 1 aliphatic carbocycles. The van der Waals surface area contributed by atoms with Gasteiger partial charge in [0.15, 0.2) is 0 Å². The zero-order valence-corrected chi connectivity index (χ0v) is 9.68. The highest BCUT2D eigenvalue weighted by molar-refractivity contribution is 4.95. The molecule has 2 N–H and O–H groups in total. The van der Waals surface area contributed by atoms with Crippen LogP contribution in [-0.2, 0) is 0 Å². The third-order valence-electron chi connectivity index (χ3n) is 3.82. The van der Waals surface area contributed by atoms with Crippen molar-refractivity contribution < 1.29 is 5.11 Å². The Hall–Kier alpha value is -0.0800. The zero-order valence-electron chi connectivity index (χ0n) is 9.68. The summed E-state index contributed by atoms with van der Waals surface area (Å²) in [5, 5.41) is 12.7. The quantitative estimate of drug-likeness (QED) is 0.659. The summed E-state index contributed by atoms with van der Waals surface area (Å²) < 4.78 is 0. The first kappa shape index (κ1) is 12.0. The summed E-state index contributed by atoms with van der Waals surface area (Å²) in [4.78, 5) is 0. The van der Waals surface area contributed by atoms with E-state index in [-0.39, 0.29) is 0 Å². The van der Waals surface area contributed by atoms with Crippen molar-refractivity contribution in [3.05, 3.63) is 0 Å². The van der Waals surface area contributed by atoms with Gasteiger partial charge >= 0.3 is 0 Å². The number of aliphatic hydroxyl groups is 1. The lowest BCUT2D eigenvalue weighted by Gasteiger charge is -2.43. The van der Waals surface area contributed by atoms with Gasteiger partial charge in [0.2, 0.25) is 0 Å². The molecule has 0 bridgehead atoms. The minimum atomic E-state index is 0.303. The molecule has 1 fully saturated rings. The van der Waals surface area contributed by atoms with Gasteiger partial charge in [-0.15, -0.1) is 0 Å². The van der Waals surface area contributed by atoms with Crippen LogP contribution in [0, 0.1) is 5.92 Å². The first-order valence-corrected chi connectivity index (χ1v) is 6.12. The minimum Gasteiger partial charge on any atom is -0.396 e. The van der Waals surface area contributed by atoms with Crippen LogP contribution in [0.3, 0.4) is 0 Å². The normalized spacial score (nSPS) is 19.7. The molecule has 1 saturated carbocycles. The van der Waals surface area contributed by atoms with Crippen LogP contribution in [0.15, 0.2) is 0 Å². The summed E-state index contributed by atoms with van der Waals surface area (Å²) in [5.74, 6) is 0.811. The van der Waals surface area contributed by atoms with Gasteiger partial charge in [-0.3, -0.25) is 0 Å². The number of aliphatic hydroxyl groups excluding tert-OH is 1. The summed E-state index contributed by atoms with van der Waals surface area (Å²) in [6.07, 6.45) is 7.31. The predicted octanol–water partition coefficient (Wildman–Crippen LogP) is 2.32. The van der Waals surface area contributed by atoms with Crippen molar-refractivity contribution in [2.75, 3.05) is 13.2 Å². The van der Waals surface area contributed by atoms with Crippen LogP contribution in [0.25, 0.3) is 0 Å². The van der Waals surface area contributed by atoms with Crippen molar-refractivity contribution in [1.82, 2.24) is 5.32 Å². The molecule has 0 unspecified atom stereocenters. The lowest BCUT2D eigenvalue weighted by atomic mass is 9.74.